The van der Waals surface area contributed by atoms with Gasteiger partial charge in [0.1, 0.15) is 11.5 Å². The van der Waals surface area contributed by atoms with Crippen molar-refractivity contribution in [1.82, 2.24) is 5.32 Å². The van der Waals surface area contributed by atoms with Crippen LogP contribution in [0.2, 0.25) is 0 Å². The van der Waals surface area contributed by atoms with E-state index in [-0.39, 0.29) is 5.91 Å². The molecule has 2 rings (SSSR count). The van der Waals surface area contributed by atoms with Gasteiger partial charge in [-0.05, 0) is 23.6 Å². The Labute approximate surface area is 116 Å². The van der Waals surface area contributed by atoms with Gasteiger partial charge in [0.25, 0.3) is 5.91 Å². The SMILES string of the molecule is COc1cc(OC)cc(C(=O)NCc2cccs2)c1. The lowest BCUT2D eigenvalue weighted by molar-refractivity contribution is 0.0950. The molecule has 5 heteroatoms. The second-order valence-electron chi connectivity index (χ2n) is 3.86. The molecule has 0 bridgehead atoms. The molecule has 0 saturated carbocycles. The zero-order chi connectivity index (χ0) is 13.7. The van der Waals surface area contributed by atoms with Gasteiger partial charge in [-0.15, -0.1) is 11.3 Å². The van der Waals surface area contributed by atoms with Crippen molar-refractivity contribution >= 4 is 17.2 Å². The van der Waals surface area contributed by atoms with E-state index >= 15 is 0 Å². The molecule has 1 amide bonds. The van der Waals surface area contributed by atoms with Crippen molar-refractivity contribution in [1.29, 1.82) is 0 Å². The molecule has 0 aliphatic rings. The van der Waals surface area contributed by atoms with E-state index in [0.717, 1.165) is 4.88 Å². The summed E-state index contributed by atoms with van der Waals surface area (Å²) in [4.78, 5) is 13.2. The van der Waals surface area contributed by atoms with E-state index in [2.05, 4.69) is 5.32 Å². The summed E-state index contributed by atoms with van der Waals surface area (Å²) in [5, 5.41) is 4.85. The van der Waals surface area contributed by atoms with E-state index in [1.165, 1.54) is 0 Å². The maximum Gasteiger partial charge on any atom is 0.251 e. The Morgan fingerprint density at radius 2 is 1.89 bits per heavy atom. The molecule has 4 nitrogen and oxygen atoms in total. The monoisotopic (exact) mass is 277 g/mol. The van der Waals surface area contributed by atoms with E-state index in [1.54, 1.807) is 43.8 Å². The van der Waals surface area contributed by atoms with Crippen LogP contribution in [0.1, 0.15) is 15.2 Å². The van der Waals surface area contributed by atoms with Gasteiger partial charge in [-0.1, -0.05) is 6.07 Å². The number of carbonyl (C=O) groups is 1. The first-order chi connectivity index (χ1) is 9.22. The molecule has 1 heterocycles. The molecule has 1 aromatic heterocycles. The number of hydrogen-bond donors (Lipinski definition) is 1. The van der Waals surface area contributed by atoms with Gasteiger partial charge >= 0.3 is 0 Å². The smallest absolute Gasteiger partial charge is 0.251 e. The number of rotatable bonds is 5. The summed E-state index contributed by atoms with van der Waals surface area (Å²) in [5.74, 6) is 1.05. The van der Waals surface area contributed by atoms with Crippen LogP contribution in [0.4, 0.5) is 0 Å². The van der Waals surface area contributed by atoms with Crippen molar-refractivity contribution in [2.75, 3.05) is 14.2 Å². The Morgan fingerprint density at radius 3 is 2.42 bits per heavy atom. The van der Waals surface area contributed by atoms with Gasteiger partial charge in [-0.25, -0.2) is 0 Å². The second kappa shape index (κ2) is 6.24. The van der Waals surface area contributed by atoms with Crippen molar-refractivity contribution in [2.24, 2.45) is 0 Å². The summed E-state index contributed by atoms with van der Waals surface area (Å²) in [5.41, 5.74) is 0.521. The van der Waals surface area contributed by atoms with Crippen LogP contribution in [0.5, 0.6) is 11.5 Å². The average molecular weight is 277 g/mol. The Balaban J connectivity index is 2.09. The summed E-state index contributed by atoms with van der Waals surface area (Å²) in [7, 11) is 3.12. The highest BCUT2D eigenvalue weighted by atomic mass is 32.1. The number of methoxy groups -OCH3 is 2. The van der Waals surface area contributed by atoms with Crippen molar-refractivity contribution < 1.29 is 14.3 Å². The van der Waals surface area contributed by atoms with Gasteiger partial charge in [-0.3, -0.25) is 4.79 Å². The van der Waals surface area contributed by atoms with Crippen LogP contribution in [0.15, 0.2) is 35.7 Å². The summed E-state index contributed by atoms with van der Waals surface area (Å²) in [6.45, 7) is 0.524. The van der Waals surface area contributed by atoms with Crippen LogP contribution < -0.4 is 14.8 Å². The molecular weight excluding hydrogens is 262 g/mol. The average Bonchev–Trinajstić information content (AvgIpc) is 2.97. The molecule has 0 fully saturated rings. The Morgan fingerprint density at radius 1 is 1.21 bits per heavy atom. The minimum atomic E-state index is -0.148. The highest BCUT2D eigenvalue weighted by Crippen LogP contribution is 2.22. The number of amides is 1. The summed E-state index contributed by atoms with van der Waals surface area (Å²) in [6, 6.07) is 9.05. The molecule has 0 aliphatic carbocycles. The number of hydrogen-bond acceptors (Lipinski definition) is 4. The second-order valence-corrected chi connectivity index (χ2v) is 4.90. The largest absolute Gasteiger partial charge is 0.497 e. The predicted molar refractivity (Wildman–Crippen MR) is 75.0 cm³/mol. The number of carbonyl (C=O) groups excluding carboxylic acids is 1. The van der Waals surface area contributed by atoms with Gasteiger partial charge in [0.15, 0.2) is 0 Å². The van der Waals surface area contributed by atoms with E-state index in [1.807, 2.05) is 17.5 Å². The first-order valence-corrected chi connectivity index (χ1v) is 6.64. The molecule has 100 valence electrons. The molecule has 0 spiro atoms. The first-order valence-electron chi connectivity index (χ1n) is 5.76. The molecule has 1 aromatic carbocycles. The molecule has 0 aliphatic heterocycles. The maximum absolute atomic E-state index is 12.1. The number of nitrogens with one attached hydrogen (secondary N) is 1. The fourth-order valence-electron chi connectivity index (χ4n) is 1.62. The minimum absolute atomic E-state index is 0.148. The lowest BCUT2D eigenvalue weighted by Gasteiger charge is -2.08. The van der Waals surface area contributed by atoms with Crippen molar-refractivity contribution in [3.63, 3.8) is 0 Å². The third kappa shape index (κ3) is 3.48. The van der Waals surface area contributed by atoms with E-state index < -0.39 is 0 Å². The van der Waals surface area contributed by atoms with Gasteiger partial charge in [0.2, 0.25) is 0 Å². The Hall–Kier alpha value is -2.01. The third-order valence-corrected chi connectivity index (χ3v) is 3.49. The van der Waals surface area contributed by atoms with Gasteiger partial charge in [0, 0.05) is 16.5 Å². The molecule has 1 N–H and O–H groups in total. The maximum atomic E-state index is 12.1. The fraction of sp³-hybridized carbons (Fsp3) is 0.214. The van der Waals surface area contributed by atoms with Crippen LogP contribution in [-0.2, 0) is 6.54 Å². The standard InChI is InChI=1S/C14H15NO3S/c1-17-11-6-10(7-12(8-11)18-2)14(16)15-9-13-4-3-5-19-13/h3-8H,9H2,1-2H3,(H,15,16). The lowest BCUT2D eigenvalue weighted by atomic mass is 10.2. The summed E-state index contributed by atoms with van der Waals surface area (Å²) in [6.07, 6.45) is 0. The van der Waals surface area contributed by atoms with Crippen molar-refractivity contribution in [3.8, 4) is 11.5 Å². The van der Waals surface area contributed by atoms with Crippen LogP contribution in [-0.4, -0.2) is 20.1 Å². The first kappa shape index (κ1) is 13.4. The third-order valence-electron chi connectivity index (χ3n) is 2.62. The predicted octanol–water partition coefficient (Wildman–Crippen LogP) is 2.70. The zero-order valence-electron chi connectivity index (χ0n) is 10.8. The molecule has 19 heavy (non-hydrogen) atoms. The molecule has 0 unspecified atom stereocenters. The van der Waals surface area contributed by atoms with Gasteiger partial charge in [-0.2, -0.15) is 0 Å². The normalized spacial score (nSPS) is 10.0. The zero-order valence-corrected chi connectivity index (χ0v) is 11.6. The lowest BCUT2D eigenvalue weighted by Crippen LogP contribution is -2.22. The van der Waals surface area contributed by atoms with Gasteiger partial charge < -0.3 is 14.8 Å². The molecule has 0 atom stereocenters. The number of thiophene rings is 1. The molecule has 2 aromatic rings. The number of ether oxygens (including phenoxy) is 2. The molecule has 0 radical (unpaired) electrons. The molecular formula is C14H15NO3S. The van der Waals surface area contributed by atoms with E-state index in [0.29, 0.717) is 23.6 Å². The van der Waals surface area contributed by atoms with Crippen molar-refractivity contribution in [2.45, 2.75) is 6.54 Å². The molecule has 0 saturated heterocycles. The Kier molecular flexibility index (Phi) is 4.41. The quantitative estimate of drug-likeness (QED) is 0.914. The fourth-order valence-corrected chi connectivity index (χ4v) is 2.27. The highest BCUT2D eigenvalue weighted by molar-refractivity contribution is 7.09. The Bertz CT molecular complexity index is 530. The van der Waals surface area contributed by atoms with E-state index in [4.69, 9.17) is 9.47 Å². The highest BCUT2D eigenvalue weighted by Gasteiger charge is 2.09. The van der Waals surface area contributed by atoms with Crippen LogP contribution in [0, 0.1) is 0 Å². The topological polar surface area (TPSA) is 47.6 Å². The number of benzene rings is 1. The minimum Gasteiger partial charge on any atom is -0.497 e. The van der Waals surface area contributed by atoms with Crippen LogP contribution in [0.3, 0.4) is 0 Å². The van der Waals surface area contributed by atoms with Gasteiger partial charge in [0.05, 0.1) is 20.8 Å². The van der Waals surface area contributed by atoms with Crippen molar-refractivity contribution in [3.05, 3.63) is 46.2 Å². The summed E-state index contributed by atoms with van der Waals surface area (Å²) < 4.78 is 10.3. The van der Waals surface area contributed by atoms with E-state index in [9.17, 15) is 4.79 Å². The summed E-state index contributed by atoms with van der Waals surface area (Å²) >= 11 is 1.61. The van der Waals surface area contributed by atoms with Crippen LogP contribution >= 0.6 is 11.3 Å². The van der Waals surface area contributed by atoms with Crippen LogP contribution in [0.25, 0.3) is 0 Å².